The Balaban J connectivity index is 1.78. The van der Waals surface area contributed by atoms with Crippen molar-refractivity contribution in [2.75, 3.05) is 20.2 Å². The lowest BCUT2D eigenvalue weighted by molar-refractivity contribution is -0.143. The second-order valence-corrected chi connectivity index (χ2v) is 6.12. The quantitative estimate of drug-likeness (QED) is 0.796. The van der Waals surface area contributed by atoms with Crippen molar-refractivity contribution >= 4 is 22.8 Å². The Hall–Kier alpha value is -2.41. The lowest BCUT2D eigenvalue weighted by atomic mass is 10.1. The summed E-state index contributed by atoms with van der Waals surface area (Å²) in [5.41, 5.74) is 1.28. The number of carbonyl (C=O) groups excluding carboxylic acids is 2. The number of hydrogen-bond acceptors (Lipinski definition) is 5. The fourth-order valence-electron chi connectivity index (χ4n) is 3.07. The molecule has 128 valence electrons. The van der Waals surface area contributed by atoms with Crippen molar-refractivity contribution in [1.29, 1.82) is 0 Å². The predicted octanol–water partition coefficient (Wildman–Crippen LogP) is 1.46. The van der Waals surface area contributed by atoms with Gasteiger partial charge in [0, 0.05) is 18.5 Å². The summed E-state index contributed by atoms with van der Waals surface area (Å²) < 4.78 is 12.0. The maximum Gasteiger partial charge on any atom is 0.337 e. The van der Waals surface area contributed by atoms with E-state index in [4.69, 9.17) is 9.47 Å². The number of rotatable bonds is 3. The molecule has 0 unspecified atom stereocenters. The summed E-state index contributed by atoms with van der Waals surface area (Å²) in [5.74, 6) is -0.379. The molecule has 0 aliphatic carbocycles. The molecular weight excluding hydrogens is 310 g/mol. The second kappa shape index (κ2) is 6.60. The van der Waals surface area contributed by atoms with Gasteiger partial charge < -0.3 is 14.4 Å². The van der Waals surface area contributed by atoms with Crippen LogP contribution >= 0.6 is 0 Å². The molecule has 0 saturated carbocycles. The summed E-state index contributed by atoms with van der Waals surface area (Å²) in [7, 11) is 1.35. The zero-order chi connectivity index (χ0) is 17.3. The van der Waals surface area contributed by atoms with Crippen LogP contribution in [0.1, 0.15) is 24.2 Å². The number of morpholine rings is 1. The van der Waals surface area contributed by atoms with Crippen LogP contribution in [0.4, 0.5) is 0 Å². The lowest BCUT2D eigenvalue weighted by Crippen LogP contribution is -2.49. The summed E-state index contributed by atoms with van der Waals surface area (Å²) in [6.45, 7) is 5.28. The van der Waals surface area contributed by atoms with Gasteiger partial charge in [0.2, 0.25) is 5.91 Å². The molecule has 2 aromatic rings. The van der Waals surface area contributed by atoms with Gasteiger partial charge in [-0.3, -0.25) is 9.48 Å². The van der Waals surface area contributed by atoms with Crippen LogP contribution in [0.3, 0.4) is 0 Å². The molecule has 0 bridgehead atoms. The molecule has 7 heteroatoms. The molecule has 1 fully saturated rings. The molecule has 3 rings (SSSR count). The number of esters is 1. The van der Waals surface area contributed by atoms with E-state index < -0.39 is 5.97 Å². The maximum absolute atomic E-state index is 12.6. The summed E-state index contributed by atoms with van der Waals surface area (Å²) >= 11 is 0. The van der Waals surface area contributed by atoms with Crippen molar-refractivity contribution in [3.05, 3.63) is 30.0 Å². The average molecular weight is 331 g/mol. The van der Waals surface area contributed by atoms with E-state index in [9.17, 15) is 9.59 Å². The highest BCUT2D eigenvalue weighted by molar-refractivity contribution is 5.94. The van der Waals surface area contributed by atoms with E-state index in [-0.39, 0.29) is 24.7 Å². The largest absolute Gasteiger partial charge is 0.465 e. The average Bonchev–Trinajstić information content (AvgIpc) is 2.95. The van der Waals surface area contributed by atoms with Crippen LogP contribution in [0.25, 0.3) is 10.9 Å². The monoisotopic (exact) mass is 331 g/mol. The number of amides is 1. The van der Waals surface area contributed by atoms with Gasteiger partial charge in [-0.15, -0.1) is 0 Å². The minimum Gasteiger partial charge on any atom is -0.465 e. The third kappa shape index (κ3) is 3.26. The molecule has 1 aromatic carbocycles. The normalized spacial score (nSPS) is 21.0. The van der Waals surface area contributed by atoms with Crippen LogP contribution in [0.15, 0.2) is 24.4 Å². The van der Waals surface area contributed by atoms with Crippen molar-refractivity contribution in [3.63, 3.8) is 0 Å². The van der Waals surface area contributed by atoms with Gasteiger partial charge >= 0.3 is 5.97 Å². The first-order valence-electron chi connectivity index (χ1n) is 7.95. The first-order valence-corrected chi connectivity index (χ1v) is 7.95. The Morgan fingerprint density at radius 1 is 1.29 bits per heavy atom. The van der Waals surface area contributed by atoms with Crippen LogP contribution in [-0.4, -0.2) is 59.0 Å². The fourth-order valence-corrected chi connectivity index (χ4v) is 3.07. The number of benzene rings is 1. The molecule has 1 amide bonds. The molecule has 1 aliphatic heterocycles. The molecule has 24 heavy (non-hydrogen) atoms. The van der Waals surface area contributed by atoms with Crippen molar-refractivity contribution in [2.45, 2.75) is 32.6 Å². The number of methoxy groups -OCH3 is 1. The summed E-state index contributed by atoms with van der Waals surface area (Å²) in [6, 6.07) is 5.18. The highest BCUT2D eigenvalue weighted by atomic mass is 16.5. The smallest absolute Gasteiger partial charge is 0.337 e. The van der Waals surface area contributed by atoms with Gasteiger partial charge in [-0.25, -0.2) is 4.79 Å². The van der Waals surface area contributed by atoms with Crippen molar-refractivity contribution < 1.29 is 19.1 Å². The van der Waals surface area contributed by atoms with Crippen LogP contribution < -0.4 is 0 Å². The van der Waals surface area contributed by atoms with Gasteiger partial charge in [0.1, 0.15) is 6.54 Å². The number of ether oxygens (including phenoxy) is 2. The number of hydrogen-bond donors (Lipinski definition) is 0. The van der Waals surface area contributed by atoms with Gasteiger partial charge in [0.25, 0.3) is 0 Å². The summed E-state index contributed by atoms with van der Waals surface area (Å²) in [6.07, 6.45) is 1.73. The van der Waals surface area contributed by atoms with E-state index in [1.165, 1.54) is 7.11 Å². The molecule has 7 nitrogen and oxygen atoms in total. The zero-order valence-electron chi connectivity index (χ0n) is 14.1. The van der Waals surface area contributed by atoms with Crippen LogP contribution in [0.5, 0.6) is 0 Å². The molecule has 2 heterocycles. The third-order valence-corrected chi connectivity index (χ3v) is 4.12. The SMILES string of the molecule is COC(=O)c1ccc2c(cnn2CC(=O)N2C[C@H](C)O[C@@H](C)C2)c1. The van der Waals surface area contributed by atoms with Gasteiger partial charge in [-0.2, -0.15) is 5.10 Å². The van der Waals surface area contributed by atoms with Crippen molar-refractivity contribution in [1.82, 2.24) is 14.7 Å². The molecule has 1 aliphatic rings. The van der Waals surface area contributed by atoms with E-state index in [1.54, 1.807) is 29.1 Å². The first kappa shape index (κ1) is 16.4. The van der Waals surface area contributed by atoms with Crippen LogP contribution in [0.2, 0.25) is 0 Å². The van der Waals surface area contributed by atoms with Gasteiger partial charge in [-0.1, -0.05) is 0 Å². The van der Waals surface area contributed by atoms with E-state index in [2.05, 4.69) is 5.10 Å². The van der Waals surface area contributed by atoms with Crippen molar-refractivity contribution in [3.8, 4) is 0 Å². The van der Waals surface area contributed by atoms with E-state index in [1.807, 2.05) is 18.7 Å². The van der Waals surface area contributed by atoms with Crippen LogP contribution in [-0.2, 0) is 20.8 Å². The molecule has 0 radical (unpaired) electrons. The molecule has 0 spiro atoms. The first-order chi connectivity index (χ1) is 11.5. The van der Waals surface area contributed by atoms with Gasteiger partial charge in [0.15, 0.2) is 0 Å². The lowest BCUT2D eigenvalue weighted by Gasteiger charge is -2.35. The molecule has 2 atom stereocenters. The number of fused-ring (bicyclic) bond motifs is 1. The second-order valence-electron chi connectivity index (χ2n) is 6.12. The number of carbonyl (C=O) groups is 2. The summed E-state index contributed by atoms with van der Waals surface area (Å²) in [5, 5.41) is 5.08. The van der Waals surface area contributed by atoms with Crippen LogP contribution in [0, 0.1) is 0 Å². The zero-order valence-corrected chi connectivity index (χ0v) is 14.1. The Bertz CT molecular complexity index is 760. The fraction of sp³-hybridized carbons (Fsp3) is 0.471. The van der Waals surface area contributed by atoms with Crippen molar-refractivity contribution in [2.24, 2.45) is 0 Å². The van der Waals surface area contributed by atoms with E-state index in [0.717, 1.165) is 10.9 Å². The predicted molar refractivity (Wildman–Crippen MR) is 87.7 cm³/mol. The van der Waals surface area contributed by atoms with E-state index in [0.29, 0.717) is 18.7 Å². The van der Waals surface area contributed by atoms with Gasteiger partial charge in [-0.05, 0) is 32.0 Å². The molecule has 1 saturated heterocycles. The summed E-state index contributed by atoms with van der Waals surface area (Å²) in [4.78, 5) is 26.0. The number of nitrogens with zero attached hydrogens (tertiary/aromatic N) is 3. The van der Waals surface area contributed by atoms with E-state index >= 15 is 0 Å². The third-order valence-electron chi connectivity index (χ3n) is 4.12. The minimum absolute atomic E-state index is 0.0130. The molecular formula is C17H21N3O4. The topological polar surface area (TPSA) is 73.7 Å². The Morgan fingerprint density at radius 3 is 2.67 bits per heavy atom. The highest BCUT2D eigenvalue weighted by Gasteiger charge is 2.26. The Kier molecular flexibility index (Phi) is 4.53. The maximum atomic E-state index is 12.6. The minimum atomic E-state index is -0.392. The Labute approximate surface area is 140 Å². The standard InChI is InChI=1S/C17H21N3O4/c1-11-8-19(9-12(2)24-11)16(21)10-20-15-5-4-13(17(22)23-3)6-14(15)7-18-20/h4-7,11-12H,8-10H2,1-3H3/t11-,12-/m0/s1. The highest BCUT2D eigenvalue weighted by Crippen LogP contribution is 2.17. The van der Waals surface area contributed by atoms with Gasteiger partial charge in [0.05, 0.1) is 36.6 Å². The number of aromatic nitrogens is 2. The Morgan fingerprint density at radius 2 is 2.00 bits per heavy atom. The molecule has 1 aromatic heterocycles. The molecule has 0 N–H and O–H groups in total.